The molecule has 4 atom stereocenters. The van der Waals surface area contributed by atoms with Crippen LogP contribution in [0.2, 0.25) is 5.02 Å². The third-order valence-corrected chi connectivity index (χ3v) is 5.25. The summed E-state index contributed by atoms with van der Waals surface area (Å²) in [4.78, 5) is 25.3. The van der Waals surface area contributed by atoms with Crippen LogP contribution in [0.3, 0.4) is 0 Å². The van der Waals surface area contributed by atoms with E-state index in [1.807, 2.05) is 13.8 Å². The maximum Gasteiger partial charge on any atom is 0.251 e. The molecule has 6 heteroatoms. The predicted molar refractivity (Wildman–Crippen MR) is 101 cm³/mol. The summed E-state index contributed by atoms with van der Waals surface area (Å²) in [6.45, 7) is 7.93. The minimum Gasteiger partial charge on any atom is -0.351 e. The highest BCUT2D eigenvalue weighted by molar-refractivity contribution is 6.30. The molecule has 0 spiro atoms. The van der Waals surface area contributed by atoms with Crippen LogP contribution in [-0.2, 0) is 4.79 Å². The van der Waals surface area contributed by atoms with Crippen molar-refractivity contribution in [3.8, 4) is 0 Å². The van der Waals surface area contributed by atoms with Crippen LogP contribution >= 0.6 is 11.6 Å². The Hall–Kier alpha value is -1.59. The van der Waals surface area contributed by atoms with Gasteiger partial charge in [0.2, 0.25) is 5.91 Å². The van der Waals surface area contributed by atoms with E-state index in [0.717, 1.165) is 25.9 Å². The van der Waals surface area contributed by atoms with Gasteiger partial charge in [-0.3, -0.25) is 9.59 Å². The lowest BCUT2D eigenvalue weighted by molar-refractivity contribution is -0.125. The van der Waals surface area contributed by atoms with Crippen molar-refractivity contribution in [3.05, 3.63) is 34.9 Å². The maximum atomic E-state index is 12.8. The molecule has 1 aromatic rings. The number of amides is 2. The SMILES string of the molecule is CCC(C)C(NC(=O)c1ccc(Cl)cc1)C(=O)NC1CCNCC1C. The molecule has 2 rings (SSSR count). The molecule has 138 valence electrons. The highest BCUT2D eigenvalue weighted by Gasteiger charge is 2.30. The molecule has 1 heterocycles. The van der Waals surface area contributed by atoms with Crippen LogP contribution in [0.15, 0.2) is 24.3 Å². The van der Waals surface area contributed by atoms with Gasteiger partial charge in [-0.25, -0.2) is 0 Å². The number of carbonyl (C=O) groups excluding carboxylic acids is 2. The fraction of sp³-hybridized carbons (Fsp3) is 0.579. The Balaban J connectivity index is 2.05. The quantitative estimate of drug-likeness (QED) is 0.725. The average Bonchev–Trinajstić information content (AvgIpc) is 2.61. The van der Waals surface area contributed by atoms with Crippen LogP contribution in [0.4, 0.5) is 0 Å². The lowest BCUT2D eigenvalue weighted by Gasteiger charge is -2.32. The first-order chi connectivity index (χ1) is 11.9. The largest absolute Gasteiger partial charge is 0.351 e. The molecule has 1 aliphatic heterocycles. The number of nitrogens with one attached hydrogen (secondary N) is 3. The molecule has 0 bridgehead atoms. The Kier molecular flexibility index (Phi) is 7.26. The second-order valence-corrected chi connectivity index (χ2v) is 7.37. The minimum atomic E-state index is -0.546. The Morgan fingerprint density at radius 1 is 1.32 bits per heavy atom. The topological polar surface area (TPSA) is 70.2 Å². The van der Waals surface area contributed by atoms with Crippen molar-refractivity contribution in [2.45, 2.75) is 45.7 Å². The number of rotatable bonds is 6. The summed E-state index contributed by atoms with van der Waals surface area (Å²) in [7, 11) is 0. The highest BCUT2D eigenvalue weighted by atomic mass is 35.5. The van der Waals surface area contributed by atoms with Crippen molar-refractivity contribution in [2.75, 3.05) is 13.1 Å². The summed E-state index contributed by atoms with van der Waals surface area (Å²) in [6, 6.07) is 6.27. The van der Waals surface area contributed by atoms with E-state index >= 15 is 0 Å². The molecule has 0 radical (unpaired) electrons. The Bertz CT molecular complexity index is 591. The van der Waals surface area contributed by atoms with Gasteiger partial charge in [-0.05, 0) is 55.6 Å². The molecule has 0 aromatic heterocycles. The van der Waals surface area contributed by atoms with Gasteiger partial charge >= 0.3 is 0 Å². The summed E-state index contributed by atoms with van der Waals surface area (Å²) in [5.41, 5.74) is 0.501. The normalized spacial score (nSPS) is 22.7. The first kappa shape index (κ1) is 19.7. The van der Waals surface area contributed by atoms with Gasteiger partial charge in [0.25, 0.3) is 5.91 Å². The molecule has 3 N–H and O–H groups in total. The van der Waals surface area contributed by atoms with Gasteiger partial charge in [0.05, 0.1) is 0 Å². The smallest absolute Gasteiger partial charge is 0.251 e. The van der Waals surface area contributed by atoms with E-state index in [1.54, 1.807) is 24.3 Å². The molecule has 1 aliphatic rings. The third kappa shape index (κ3) is 5.44. The lowest BCUT2D eigenvalue weighted by atomic mass is 9.93. The van der Waals surface area contributed by atoms with Gasteiger partial charge in [0, 0.05) is 16.6 Å². The molecule has 1 fully saturated rings. The summed E-state index contributed by atoms with van der Waals surface area (Å²) in [5, 5.41) is 9.94. The summed E-state index contributed by atoms with van der Waals surface area (Å²) >= 11 is 5.87. The van der Waals surface area contributed by atoms with E-state index in [2.05, 4.69) is 22.9 Å². The Morgan fingerprint density at radius 3 is 2.60 bits per heavy atom. The summed E-state index contributed by atoms with van der Waals surface area (Å²) in [5.74, 6) is 0.0708. The van der Waals surface area contributed by atoms with E-state index in [0.29, 0.717) is 16.5 Å². The van der Waals surface area contributed by atoms with Gasteiger partial charge in [-0.15, -0.1) is 0 Å². The molecule has 1 aromatic carbocycles. The first-order valence-electron chi connectivity index (χ1n) is 8.99. The monoisotopic (exact) mass is 365 g/mol. The van der Waals surface area contributed by atoms with Crippen molar-refractivity contribution >= 4 is 23.4 Å². The maximum absolute atomic E-state index is 12.8. The van der Waals surface area contributed by atoms with Crippen LogP contribution < -0.4 is 16.0 Å². The number of piperidine rings is 1. The number of hydrogen-bond acceptors (Lipinski definition) is 3. The zero-order valence-electron chi connectivity index (χ0n) is 15.1. The molecule has 2 amide bonds. The standard InChI is InChI=1S/C19H28ClN3O2/c1-4-12(2)17(19(25)22-16-9-10-21-11-13(16)3)23-18(24)14-5-7-15(20)8-6-14/h5-8,12-13,16-17,21H,4,9-11H2,1-3H3,(H,22,25)(H,23,24). The van der Waals surface area contributed by atoms with Crippen LogP contribution in [0.25, 0.3) is 0 Å². The van der Waals surface area contributed by atoms with Crippen molar-refractivity contribution in [1.29, 1.82) is 0 Å². The Labute approximate surface area is 154 Å². The number of benzene rings is 1. The molecule has 0 aliphatic carbocycles. The zero-order valence-corrected chi connectivity index (χ0v) is 15.9. The van der Waals surface area contributed by atoms with Gasteiger partial charge in [-0.2, -0.15) is 0 Å². The summed E-state index contributed by atoms with van der Waals surface area (Å²) < 4.78 is 0. The van der Waals surface area contributed by atoms with Gasteiger partial charge in [0.1, 0.15) is 6.04 Å². The van der Waals surface area contributed by atoms with Crippen molar-refractivity contribution in [2.24, 2.45) is 11.8 Å². The van der Waals surface area contributed by atoms with E-state index < -0.39 is 6.04 Å². The highest BCUT2D eigenvalue weighted by Crippen LogP contribution is 2.15. The van der Waals surface area contributed by atoms with Crippen molar-refractivity contribution in [1.82, 2.24) is 16.0 Å². The van der Waals surface area contributed by atoms with E-state index in [9.17, 15) is 9.59 Å². The molecule has 4 unspecified atom stereocenters. The second kappa shape index (κ2) is 9.20. The molecule has 25 heavy (non-hydrogen) atoms. The third-order valence-electron chi connectivity index (χ3n) is 5.00. The van der Waals surface area contributed by atoms with Crippen molar-refractivity contribution < 1.29 is 9.59 Å². The molecular weight excluding hydrogens is 338 g/mol. The predicted octanol–water partition coefficient (Wildman–Crippen LogP) is 2.60. The molecule has 1 saturated heterocycles. The second-order valence-electron chi connectivity index (χ2n) is 6.93. The summed E-state index contributed by atoms with van der Waals surface area (Å²) in [6.07, 6.45) is 1.71. The number of halogens is 1. The van der Waals surface area contributed by atoms with E-state index in [-0.39, 0.29) is 23.8 Å². The fourth-order valence-electron chi connectivity index (χ4n) is 3.03. The zero-order chi connectivity index (χ0) is 18.4. The first-order valence-corrected chi connectivity index (χ1v) is 9.37. The van der Waals surface area contributed by atoms with Gasteiger partial charge in [0.15, 0.2) is 0 Å². The molecular formula is C19H28ClN3O2. The fourth-order valence-corrected chi connectivity index (χ4v) is 3.15. The Morgan fingerprint density at radius 2 is 2.00 bits per heavy atom. The number of hydrogen-bond donors (Lipinski definition) is 3. The van der Waals surface area contributed by atoms with Gasteiger partial charge < -0.3 is 16.0 Å². The van der Waals surface area contributed by atoms with Crippen LogP contribution in [0.1, 0.15) is 44.0 Å². The molecule has 5 nitrogen and oxygen atoms in total. The van der Waals surface area contributed by atoms with Crippen molar-refractivity contribution in [3.63, 3.8) is 0 Å². The van der Waals surface area contributed by atoms with Gasteiger partial charge in [-0.1, -0.05) is 38.8 Å². The molecule has 0 saturated carbocycles. The van der Waals surface area contributed by atoms with Crippen LogP contribution in [0.5, 0.6) is 0 Å². The van der Waals surface area contributed by atoms with Crippen LogP contribution in [0, 0.1) is 11.8 Å². The average molecular weight is 366 g/mol. The van der Waals surface area contributed by atoms with Crippen LogP contribution in [-0.4, -0.2) is 37.0 Å². The van der Waals surface area contributed by atoms with E-state index in [4.69, 9.17) is 11.6 Å². The lowest BCUT2D eigenvalue weighted by Crippen LogP contribution is -2.56. The minimum absolute atomic E-state index is 0.0493. The van der Waals surface area contributed by atoms with E-state index in [1.165, 1.54) is 0 Å². The number of carbonyl (C=O) groups is 2.